The molecule has 2 fully saturated rings. The third-order valence-electron chi connectivity index (χ3n) is 7.38. The van der Waals surface area contributed by atoms with Crippen LogP contribution < -0.4 is 4.74 Å². The van der Waals surface area contributed by atoms with E-state index in [2.05, 4.69) is 0 Å². The van der Waals surface area contributed by atoms with Gasteiger partial charge in [0.05, 0.1) is 33.9 Å². The number of hydrogen-bond donors (Lipinski definition) is 0. The molecule has 0 N–H and O–H groups in total. The van der Waals surface area contributed by atoms with Crippen molar-refractivity contribution in [1.29, 1.82) is 0 Å². The minimum Gasteiger partial charge on any atom is -0.497 e. The van der Waals surface area contributed by atoms with Crippen LogP contribution in [0.5, 0.6) is 5.75 Å². The van der Waals surface area contributed by atoms with Crippen LogP contribution in [0.3, 0.4) is 0 Å². The molecule has 3 aliphatic rings. The van der Waals surface area contributed by atoms with Gasteiger partial charge in [0, 0.05) is 11.6 Å². The lowest BCUT2D eigenvalue weighted by atomic mass is 9.84. The first-order valence-corrected chi connectivity index (χ1v) is 13.8. The number of amides is 3. The van der Waals surface area contributed by atoms with Crippen molar-refractivity contribution >= 4 is 98.8 Å². The molecule has 41 heavy (non-hydrogen) atoms. The average Bonchev–Trinajstić information content (AvgIpc) is 3.34. The molecule has 0 aromatic heterocycles. The highest BCUT2D eigenvalue weighted by molar-refractivity contribution is 6.66. The molecule has 2 aromatic rings. The Morgan fingerprint density at radius 2 is 1.54 bits per heavy atom. The number of nitro benzene ring substituents is 1. The van der Waals surface area contributed by atoms with Crippen molar-refractivity contribution in [1.82, 2.24) is 10.0 Å². The molecule has 2 bridgehead atoms. The van der Waals surface area contributed by atoms with Crippen LogP contribution in [0.1, 0.15) is 20.7 Å². The van der Waals surface area contributed by atoms with Gasteiger partial charge >= 0.3 is 0 Å². The Bertz CT molecular complexity index is 1550. The van der Waals surface area contributed by atoms with Gasteiger partial charge in [-0.15, -0.1) is 23.2 Å². The maximum absolute atomic E-state index is 14.0. The third kappa shape index (κ3) is 3.85. The minimum atomic E-state index is -2.23. The molecule has 214 valence electrons. The lowest BCUT2D eigenvalue weighted by Crippen LogP contribution is -2.56. The number of ether oxygens (including phenoxy) is 1. The number of Topliss-reactive ketones (excluding diaryl/α,β-unsaturated/α-hetero) is 1. The topological polar surface area (TPSA) is 127 Å². The third-order valence-corrected chi connectivity index (χ3v) is 11.6. The van der Waals surface area contributed by atoms with E-state index >= 15 is 0 Å². The molecule has 3 amide bonds. The van der Waals surface area contributed by atoms with Crippen LogP contribution in [0.4, 0.5) is 5.69 Å². The number of rotatable bonds is 7. The van der Waals surface area contributed by atoms with Gasteiger partial charge < -0.3 is 4.74 Å². The summed E-state index contributed by atoms with van der Waals surface area (Å²) in [5.74, 6) is -7.07. The number of carbonyl (C=O) groups excluding carboxylic acids is 4. The number of para-hydroxylation sites is 1. The van der Waals surface area contributed by atoms with Gasteiger partial charge in [0.25, 0.3) is 23.4 Å². The van der Waals surface area contributed by atoms with Gasteiger partial charge in [-0.2, -0.15) is 5.01 Å². The summed E-state index contributed by atoms with van der Waals surface area (Å²) in [6, 6.07) is 10.7. The minimum absolute atomic E-state index is 0.0555. The van der Waals surface area contributed by atoms with E-state index in [9.17, 15) is 29.3 Å². The van der Waals surface area contributed by atoms with Crippen molar-refractivity contribution in [2.45, 2.75) is 14.1 Å². The predicted molar refractivity (Wildman–Crippen MR) is 151 cm³/mol. The standard InChI is InChI=1S/C25H15Cl6N3O7/c1-41-12-6-4-5-11(9-12)15(35)10-32(20(36)13-7-2-3-8-14(13)34(39)40)33-21(37)16-17(22(33)38)24(29)19(27)18(26)23(16,28)25(24,30)31/h2-9,16-17H,10H2,1H3/t16-,17-,23-,24-/m1/s1. The van der Waals surface area contributed by atoms with Crippen LogP contribution in [-0.2, 0) is 9.59 Å². The Labute approximate surface area is 261 Å². The zero-order valence-electron chi connectivity index (χ0n) is 20.4. The largest absolute Gasteiger partial charge is 0.497 e. The summed E-state index contributed by atoms with van der Waals surface area (Å²) in [4.78, 5) is 61.7. The van der Waals surface area contributed by atoms with E-state index in [-0.39, 0.29) is 15.6 Å². The Hall–Kier alpha value is -2.60. The number of nitro groups is 1. The first kappa shape index (κ1) is 29.9. The molecule has 0 radical (unpaired) electrons. The molecule has 0 unspecified atom stereocenters. The Kier molecular flexibility index (Phi) is 7.29. The van der Waals surface area contributed by atoms with Crippen LogP contribution in [0.2, 0.25) is 0 Å². The van der Waals surface area contributed by atoms with E-state index in [0.717, 1.165) is 12.1 Å². The maximum Gasteiger partial charge on any atom is 0.282 e. The van der Waals surface area contributed by atoms with Crippen molar-refractivity contribution in [3.63, 3.8) is 0 Å². The van der Waals surface area contributed by atoms with E-state index < -0.39 is 72.1 Å². The number of nitrogens with zero attached hydrogens (tertiary/aromatic N) is 3. The van der Waals surface area contributed by atoms with Crippen molar-refractivity contribution in [2.24, 2.45) is 11.8 Å². The van der Waals surface area contributed by atoms with Crippen LogP contribution in [0, 0.1) is 22.0 Å². The summed E-state index contributed by atoms with van der Waals surface area (Å²) >= 11 is 39.2. The zero-order valence-corrected chi connectivity index (χ0v) is 25.0. The smallest absolute Gasteiger partial charge is 0.282 e. The molecule has 2 aliphatic carbocycles. The molecule has 16 heteroatoms. The normalized spacial score (nSPS) is 27.7. The first-order chi connectivity index (χ1) is 19.2. The fourth-order valence-electron chi connectivity index (χ4n) is 5.43. The molecule has 1 saturated heterocycles. The molecule has 1 saturated carbocycles. The van der Waals surface area contributed by atoms with E-state index in [1.54, 1.807) is 6.07 Å². The lowest BCUT2D eigenvalue weighted by Gasteiger charge is -2.36. The fraction of sp³-hybridized carbons (Fsp3) is 0.280. The molecule has 1 aliphatic heterocycles. The second kappa shape index (κ2) is 10.00. The van der Waals surface area contributed by atoms with Crippen molar-refractivity contribution in [2.75, 3.05) is 13.7 Å². The van der Waals surface area contributed by atoms with E-state index in [0.29, 0.717) is 15.8 Å². The average molecular weight is 682 g/mol. The number of benzene rings is 2. The number of halogens is 6. The van der Waals surface area contributed by atoms with Crippen LogP contribution in [0.15, 0.2) is 58.6 Å². The SMILES string of the molecule is COc1cccc(C(=O)CN(C(=O)c2ccccc2[N+](=O)[O-])N2C(=O)[C@H]3[C@H](C2=O)[C@@]2(Cl)C(Cl)=C(Cl)[C@@]3(Cl)C2(Cl)Cl)c1. The summed E-state index contributed by atoms with van der Waals surface area (Å²) in [7, 11) is 1.38. The number of fused-ring (bicyclic) bond motifs is 5. The summed E-state index contributed by atoms with van der Waals surface area (Å²) < 4.78 is 2.91. The highest BCUT2D eigenvalue weighted by atomic mass is 35.5. The molecule has 1 heterocycles. The monoisotopic (exact) mass is 679 g/mol. The molecule has 4 atom stereocenters. The number of ketones is 1. The lowest BCUT2D eigenvalue weighted by molar-refractivity contribution is -0.385. The highest BCUT2D eigenvalue weighted by Gasteiger charge is 2.88. The summed E-state index contributed by atoms with van der Waals surface area (Å²) in [5.41, 5.74) is -1.08. The predicted octanol–water partition coefficient (Wildman–Crippen LogP) is 5.29. The van der Waals surface area contributed by atoms with Crippen molar-refractivity contribution in [3.8, 4) is 5.75 Å². The number of allylic oxidation sites excluding steroid dienone is 2. The Balaban J connectivity index is 1.63. The molecule has 5 rings (SSSR count). The molecule has 2 aromatic carbocycles. The van der Waals surface area contributed by atoms with Crippen molar-refractivity contribution in [3.05, 3.63) is 79.8 Å². The Morgan fingerprint density at radius 1 is 0.976 bits per heavy atom. The van der Waals surface area contributed by atoms with Crippen molar-refractivity contribution < 1.29 is 28.8 Å². The first-order valence-electron chi connectivity index (χ1n) is 11.6. The van der Waals surface area contributed by atoms with Gasteiger partial charge in [-0.05, 0) is 18.2 Å². The molecule has 0 spiro atoms. The zero-order chi connectivity index (χ0) is 30.2. The number of carbonyl (C=O) groups is 4. The van der Waals surface area contributed by atoms with Gasteiger partial charge in [0.2, 0.25) is 0 Å². The van der Waals surface area contributed by atoms with Crippen LogP contribution in [-0.4, -0.2) is 66.2 Å². The second-order valence-electron chi connectivity index (χ2n) is 9.36. The van der Waals surface area contributed by atoms with E-state index in [1.165, 1.54) is 37.4 Å². The molecule has 10 nitrogen and oxygen atoms in total. The summed E-state index contributed by atoms with van der Waals surface area (Å²) in [6.07, 6.45) is 0. The second-order valence-corrected chi connectivity index (χ2v) is 12.6. The van der Waals surface area contributed by atoms with Gasteiger partial charge in [-0.1, -0.05) is 70.7 Å². The summed E-state index contributed by atoms with van der Waals surface area (Å²) in [6.45, 7) is -0.901. The van der Waals surface area contributed by atoms with Crippen LogP contribution >= 0.6 is 69.6 Å². The van der Waals surface area contributed by atoms with Gasteiger partial charge in [0.15, 0.2) is 10.1 Å². The van der Waals surface area contributed by atoms with Gasteiger partial charge in [-0.25, -0.2) is 5.01 Å². The molecular weight excluding hydrogens is 667 g/mol. The quantitative estimate of drug-likeness (QED) is 0.128. The summed E-state index contributed by atoms with van der Waals surface area (Å²) in [5, 5.41) is 11.9. The number of hydrogen-bond acceptors (Lipinski definition) is 7. The molecular formula is C25H15Cl6N3O7. The fourth-order valence-corrected chi connectivity index (χ4v) is 8.36. The Morgan fingerprint density at radius 3 is 2.07 bits per heavy atom. The van der Waals surface area contributed by atoms with E-state index in [1.807, 2.05) is 0 Å². The number of imide groups is 1. The number of methoxy groups -OCH3 is 1. The van der Waals surface area contributed by atoms with E-state index in [4.69, 9.17) is 74.3 Å². The van der Waals surface area contributed by atoms with Crippen LogP contribution in [0.25, 0.3) is 0 Å². The highest BCUT2D eigenvalue weighted by Crippen LogP contribution is 2.77. The number of alkyl halides is 4. The maximum atomic E-state index is 14.0. The van der Waals surface area contributed by atoms with Gasteiger partial charge in [0.1, 0.15) is 27.6 Å². The number of hydrazine groups is 1. The van der Waals surface area contributed by atoms with Gasteiger partial charge in [-0.3, -0.25) is 29.3 Å².